The van der Waals surface area contributed by atoms with Crippen molar-refractivity contribution in [3.8, 4) is 5.69 Å². The number of rotatable bonds is 6. The molecule has 1 aliphatic rings. The molecule has 0 bridgehead atoms. The lowest BCUT2D eigenvalue weighted by atomic mass is 10.1. The normalized spacial score (nSPS) is 13.4. The van der Waals surface area contributed by atoms with E-state index >= 15 is 0 Å². The summed E-state index contributed by atoms with van der Waals surface area (Å²) in [5, 5.41) is 16.7. The van der Waals surface area contributed by atoms with Gasteiger partial charge in [0.1, 0.15) is 6.33 Å². The molecule has 0 radical (unpaired) electrons. The van der Waals surface area contributed by atoms with Gasteiger partial charge in [-0.3, -0.25) is 9.59 Å². The van der Waals surface area contributed by atoms with Crippen LogP contribution in [0.2, 0.25) is 0 Å². The minimum Gasteiger partial charge on any atom is -0.349 e. The molecule has 1 aliphatic carbocycles. The Morgan fingerprint density at radius 3 is 2.43 bits per heavy atom. The first-order chi connectivity index (χ1) is 13.7. The third kappa shape index (κ3) is 4.47. The van der Waals surface area contributed by atoms with Crippen LogP contribution in [-0.2, 0) is 4.79 Å². The fourth-order valence-electron chi connectivity index (χ4n) is 2.57. The molecule has 0 atom stereocenters. The highest BCUT2D eigenvalue weighted by Gasteiger charge is 2.23. The van der Waals surface area contributed by atoms with Crippen molar-refractivity contribution in [3.63, 3.8) is 0 Å². The Morgan fingerprint density at radius 1 is 1.04 bits per heavy atom. The Bertz CT molecular complexity index is 990. The van der Waals surface area contributed by atoms with E-state index in [1.165, 1.54) is 17.1 Å². The molecule has 2 aromatic carbocycles. The van der Waals surface area contributed by atoms with Crippen molar-refractivity contribution < 1.29 is 9.59 Å². The number of benzene rings is 2. The molecule has 8 nitrogen and oxygen atoms in total. The topological polar surface area (TPSA) is 102 Å². The Balaban J connectivity index is 1.32. The number of nitrogens with zero attached hydrogens (tertiary/aromatic N) is 4. The van der Waals surface area contributed by atoms with Gasteiger partial charge >= 0.3 is 0 Å². The van der Waals surface area contributed by atoms with Gasteiger partial charge in [0.05, 0.1) is 5.69 Å². The zero-order valence-corrected chi connectivity index (χ0v) is 14.9. The number of aromatic nitrogens is 4. The van der Waals surface area contributed by atoms with Crippen molar-refractivity contribution in [1.29, 1.82) is 0 Å². The number of carbonyl (C=O) groups excluding carboxylic acids is 2. The Kier molecular flexibility index (Phi) is 4.92. The molecule has 8 heteroatoms. The third-order valence-electron chi connectivity index (χ3n) is 4.26. The molecule has 0 aliphatic heterocycles. The maximum Gasteiger partial charge on any atom is 0.251 e. The Morgan fingerprint density at radius 2 is 1.79 bits per heavy atom. The van der Waals surface area contributed by atoms with Crippen LogP contribution in [0.1, 0.15) is 28.8 Å². The first-order valence-electron chi connectivity index (χ1n) is 8.91. The summed E-state index contributed by atoms with van der Waals surface area (Å²) in [4.78, 5) is 24.1. The second-order valence-corrected chi connectivity index (χ2v) is 6.49. The van der Waals surface area contributed by atoms with Gasteiger partial charge in [0.25, 0.3) is 5.91 Å². The van der Waals surface area contributed by atoms with E-state index in [1.807, 2.05) is 12.1 Å². The SMILES string of the molecule is O=C(/C=C/c1ccc(C(=O)NC2CC2)cc1)Nc1ccc(-n2cnnn2)cc1. The number of anilines is 1. The molecule has 28 heavy (non-hydrogen) atoms. The van der Waals surface area contributed by atoms with Gasteiger partial charge < -0.3 is 10.6 Å². The summed E-state index contributed by atoms with van der Waals surface area (Å²) in [6.07, 6.45) is 6.77. The highest BCUT2D eigenvalue weighted by molar-refractivity contribution is 6.02. The molecule has 4 rings (SSSR count). The zero-order chi connectivity index (χ0) is 19.3. The first-order valence-corrected chi connectivity index (χ1v) is 8.91. The summed E-state index contributed by atoms with van der Waals surface area (Å²) >= 11 is 0. The van der Waals surface area contributed by atoms with Crippen LogP contribution in [0, 0.1) is 0 Å². The van der Waals surface area contributed by atoms with E-state index in [9.17, 15) is 9.59 Å². The average Bonchev–Trinajstić information content (AvgIpc) is 3.36. The molecule has 1 fully saturated rings. The average molecular weight is 374 g/mol. The van der Waals surface area contributed by atoms with Crippen LogP contribution < -0.4 is 10.6 Å². The maximum atomic E-state index is 12.1. The molecular weight excluding hydrogens is 356 g/mol. The number of amides is 2. The molecule has 1 aromatic heterocycles. The molecule has 1 saturated carbocycles. The first kappa shape index (κ1) is 17.6. The Labute approximate surface area is 161 Å². The van der Waals surface area contributed by atoms with Crippen LogP contribution >= 0.6 is 0 Å². The standard InChI is InChI=1S/C20H18N6O2/c27-19(22-16-8-10-18(11-9-16)26-13-21-24-25-26)12-3-14-1-4-15(5-2-14)20(28)23-17-6-7-17/h1-5,8-13,17H,6-7H2,(H,22,27)(H,23,28)/b12-3+. The van der Waals surface area contributed by atoms with Gasteiger partial charge in [0.2, 0.25) is 5.91 Å². The summed E-state index contributed by atoms with van der Waals surface area (Å²) in [6, 6.07) is 14.6. The van der Waals surface area contributed by atoms with Crippen LogP contribution in [0.25, 0.3) is 11.8 Å². The molecule has 0 spiro atoms. The van der Waals surface area contributed by atoms with Crippen LogP contribution in [0.3, 0.4) is 0 Å². The number of carbonyl (C=O) groups is 2. The van der Waals surface area contributed by atoms with E-state index in [-0.39, 0.29) is 11.8 Å². The van der Waals surface area contributed by atoms with E-state index in [2.05, 4.69) is 26.2 Å². The van der Waals surface area contributed by atoms with E-state index in [4.69, 9.17) is 0 Å². The smallest absolute Gasteiger partial charge is 0.251 e. The molecule has 1 heterocycles. The minimum atomic E-state index is -0.245. The van der Waals surface area contributed by atoms with Gasteiger partial charge in [-0.1, -0.05) is 12.1 Å². The fourth-order valence-corrected chi connectivity index (χ4v) is 2.57. The summed E-state index contributed by atoms with van der Waals surface area (Å²) in [6.45, 7) is 0. The largest absolute Gasteiger partial charge is 0.349 e. The van der Waals surface area contributed by atoms with Crippen molar-refractivity contribution in [2.24, 2.45) is 0 Å². The summed E-state index contributed by atoms with van der Waals surface area (Å²) in [7, 11) is 0. The van der Waals surface area contributed by atoms with Crippen molar-refractivity contribution >= 4 is 23.6 Å². The maximum absolute atomic E-state index is 12.1. The summed E-state index contributed by atoms with van der Waals surface area (Å²) in [5.41, 5.74) is 2.92. The van der Waals surface area contributed by atoms with Crippen molar-refractivity contribution in [1.82, 2.24) is 25.5 Å². The number of hydrogen-bond acceptors (Lipinski definition) is 5. The monoisotopic (exact) mass is 374 g/mol. The lowest BCUT2D eigenvalue weighted by molar-refractivity contribution is -0.111. The molecule has 0 unspecified atom stereocenters. The second-order valence-electron chi connectivity index (χ2n) is 6.49. The predicted octanol–water partition coefficient (Wildman–Crippen LogP) is 2.21. The molecular formula is C20H18N6O2. The number of hydrogen-bond donors (Lipinski definition) is 2. The van der Waals surface area contributed by atoms with E-state index < -0.39 is 0 Å². The lowest BCUT2D eigenvalue weighted by Gasteiger charge is -2.04. The summed E-state index contributed by atoms with van der Waals surface area (Å²) < 4.78 is 1.53. The van der Waals surface area contributed by atoms with Crippen molar-refractivity contribution in [3.05, 3.63) is 72.1 Å². The van der Waals surface area contributed by atoms with Crippen LogP contribution in [0.5, 0.6) is 0 Å². The van der Waals surface area contributed by atoms with Gasteiger partial charge in [-0.05, 0) is 71.3 Å². The Hall–Kier alpha value is -3.81. The minimum absolute atomic E-state index is 0.0547. The van der Waals surface area contributed by atoms with Gasteiger partial charge in [-0.2, -0.15) is 0 Å². The third-order valence-corrected chi connectivity index (χ3v) is 4.26. The van der Waals surface area contributed by atoms with Crippen molar-refractivity contribution in [2.45, 2.75) is 18.9 Å². The lowest BCUT2D eigenvalue weighted by Crippen LogP contribution is -2.25. The van der Waals surface area contributed by atoms with Gasteiger partial charge in [0.15, 0.2) is 0 Å². The second kappa shape index (κ2) is 7.83. The predicted molar refractivity (Wildman–Crippen MR) is 104 cm³/mol. The van der Waals surface area contributed by atoms with Gasteiger partial charge in [0, 0.05) is 23.4 Å². The number of tetrazole rings is 1. The highest BCUT2D eigenvalue weighted by atomic mass is 16.2. The highest BCUT2D eigenvalue weighted by Crippen LogP contribution is 2.19. The molecule has 0 saturated heterocycles. The van der Waals surface area contributed by atoms with Crippen LogP contribution in [-0.4, -0.2) is 38.1 Å². The van der Waals surface area contributed by atoms with Gasteiger partial charge in [-0.25, -0.2) is 4.68 Å². The van der Waals surface area contributed by atoms with Gasteiger partial charge in [-0.15, -0.1) is 5.10 Å². The van der Waals surface area contributed by atoms with E-state index in [0.717, 1.165) is 24.1 Å². The van der Waals surface area contributed by atoms with Crippen LogP contribution in [0.15, 0.2) is 60.9 Å². The molecule has 3 aromatic rings. The number of nitrogens with one attached hydrogen (secondary N) is 2. The summed E-state index contributed by atoms with van der Waals surface area (Å²) in [5.74, 6) is -0.299. The molecule has 2 amide bonds. The van der Waals surface area contributed by atoms with E-state index in [1.54, 1.807) is 42.5 Å². The fraction of sp³-hybridized carbons (Fsp3) is 0.150. The molecule has 2 N–H and O–H groups in total. The quantitative estimate of drug-likeness (QED) is 0.644. The van der Waals surface area contributed by atoms with Crippen molar-refractivity contribution in [2.75, 3.05) is 5.32 Å². The van der Waals surface area contributed by atoms with E-state index in [0.29, 0.717) is 17.3 Å². The van der Waals surface area contributed by atoms with Crippen LogP contribution in [0.4, 0.5) is 5.69 Å². The zero-order valence-electron chi connectivity index (χ0n) is 14.9. The molecule has 140 valence electrons.